The first-order chi connectivity index (χ1) is 42.9. The fourth-order valence-electron chi connectivity index (χ4n) is 11.8. The molecule has 0 rings (SSSR count). The summed E-state index contributed by atoms with van der Waals surface area (Å²) >= 11 is 0. The Balaban J connectivity index is 4.92. The molecule has 0 saturated heterocycles. The second kappa shape index (κ2) is 68.1. The second-order valence-corrected chi connectivity index (χ2v) is 29.3. The Morgan fingerprint density at radius 2 is 0.659 bits per heavy atom. The summed E-state index contributed by atoms with van der Waals surface area (Å²) in [5.41, 5.74) is 0. The molecule has 2 N–H and O–H groups in total. The first-order valence-electron chi connectivity index (χ1n) is 38.8. The Labute approximate surface area is 548 Å². The van der Waals surface area contributed by atoms with Crippen molar-refractivity contribution in [1.29, 1.82) is 0 Å². The van der Waals surface area contributed by atoms with Crippen LogP contribution in [0.5, 0.6) is 0 Å². The van der Waals surface area contributed by atoms with Gasteiger partial charge in [-0.2, -0.15) is 0 Å². The minimum Gasteiger partial charge on any atom is -0.456 e. The van der Waals surface area contributed by atoms with Gasteiger partial charge in [0.05, 0.1) is 33.8 Å². The highest BCUT2D eigenvalue weighted by molar-refractivity contribution is 7.47. The number of phosphoric ester groups is 1. The fraction of sp³-hybridized carbons (Fsp3) is 0.897. The normalized spacial score (nSPS) is 13.6. The molecule has 0 heterocycles. The maximum absolute atomic E-state index is 13.6. The highest BCUT2D eigenvalue weighted by Crippen LogP contribution is 2.43. The van der Waals surface area contributed by atoms with E-state index in [9.17, 15) is 19.0 Å². The van der Waals surface area contributed by atoms with E-state index in [0.29, 0.717) is 23.9 Å². The number of likely N-dealkylation sites (N-methyl/N-ethyl adjacent to an activating group) is 1. The summed E-state index contributed by atoms with van der Waals surface area (Å²) in [4.78, 5) is 38.0. The number of hydrogen-bond donors (Lipinski definition) is 2. The van der Waals surface area contributed by atoms with Gasteiger partial charge in [-0.15, -0.1) is 0 Å². The Morgan fingerprint density at radius 3 is 0.966 bits per heavy atom. The van der Waals surface area contributed by atoms with E-state index in [-0.39, 0.29) is 25.1 Å². The molecule has 10 heteroatoms. The van der Waals surface area contributed by atoms with Crippen LogP contribution in [-0.2, 0) is 27.9 Å². The Kier molecular flexibility index (Phi) is 66.7. The van der Waals surface area contributed by atoms with Gasteiger partial charge in [0, 0.05) is 12.8 Å². The summed E-state index contributed by atoms with van der Waals surface area (Å²) in [6.07, 6.45) is 86.1. The molecule has 88 heavy (non-hydrogen) atoms. The van der Waals surface area contributed by atoms with Crippen LogP contribution in [0, 0.1) is 0 Å². The van der Waals surface area contributed by atoms with Crippen molar-refractivity contribution in [2.24, 2.45) is 0 Å². The zero-order valence-corrected chi connectivity index (χ0v) is 60.6. The predicted molar refractivity (Wildman–Crippen MR) is 383 cm³/mol. The average molecular weight is 1260 g/mol. The van der Waals surface area contributed by atoms with Gasteiger partial charge < -0.3 is 19.4 Å². The maximum atomic E-state index is 13.6. The molecule has 9 nitrogen and oxygen atoms in total. The van der Waals surface area contributed by atoms with Gasteiger partial charge in [0.25, 0.3) is 0 Å². The number of carbonyl (C=O) groups excluding carboxylic acids is 2. The smallest absolute Gasteiger partial charge is 0.456 e. The summed E-state index contributed by atoms with van der Waals surface area (Å²) in [5.74, 6) is -0.482. The average Bonchev–Trinajstić information content (AvgIpc) is 3.61. The lowest BCUT2D eigenvalue weighted by molar-refractivity contribution is -0.870. The molecule has 1 amide bonds. The minimum atomic E-state index is -4.45. The van der Waals surface area contributed by atoms with Crippen molar-refractivity contribution >= 4 is 19.7 Å². The number of hydrogen-bond acceptors (Lipinski definition) is 6. The van der Waals surface area contributed by atoms with Crippen LogP contribution in [0.3, 0.4) is 0 Å². The first kappa shape index (κ1) is 86.2. The summed E-state index contributed by atoms with van der Waals surface area (Å²) < 4.78 is 30.9. The summed E-state index contributed by atoms with van der Waals surface area (Å²) in [7, 11) is 1.52. The number of nitrogens with one attached hydrogen (secondary N) is 1. The zero-order chi connectivity index (χ0) is 64.2. The fourth-order valence-corrected chi connectivity index (χ4v) is 12.6. The quantitative estimate of drug-likeness (QED) is 0.0205. The molecule has 0 aromatic carbocycles. The standard InChI is InChI=1S/C78H151N2O7P/c1-7-10-13-16-19-22-25-28-30-32-34-36-38-39-40-41-43-45-47-49-51-53-56-59-62-65-68-71-78(82)87-76(69-66-63-60-57-54-27-24-21-18-15-12-9-3)75(74-86-88(83,84)85-73-72-80(4,5)6)79-77(81)70-67-64-61-58-55-52-50-48-46-44-42-37-35-33-31-29-26-23-20-17-14-11-8-2/h28-31,66,69,75-76H,7-27,32-65,67-68,70-74H2,1-6H3,(H-,79,81,83,84)/p+1/b30-28+,31-29+,69-66+. The molecular formula is C78H152N2O7P+. The van der Waals surface area contributed by atoms with E-state index in [0.717, 1.165) is 57.8 Å². The summed E-state index contributed by atoms with van der Waals surface area (Å²) in [5, 5.41) is 3.08. The van der Waals surface area contributed by atoms with Gasteiger partial charge in [0.2, 0.25) is 5.91 Å². The number of amides is 1. The molecule has 0 aliphatic carbocycles. The zero-order valence-electron chi connectivity index (χ0n) is 59.8. The molecule has 3 atom stereocenters. The number of rotatable bonds is 72. The first-order valence-corrected chi connectivity index (χ1v) is 40.3. The lowest BCUT2D eigenvalue weighted by atomic mass is 10.0. The van der Waals surface area contributed by atoms with Crippen molar-refractivity contribution in [2.45, 2.75) is 412 Å². The van der Waals surface area contributed by atoms with Gasteiger partial charge in [-0.1, -0.05) is 340 Å². The number of nitrogens with zero attached hydrogens (tertiary/aromatic N) is 1. The molecule has 0 bridgehead atoms. The Morgan fingerprint density at radius 1 is 0.386 bits per heavy atom. The van der Waals surface area contributed by atoms with Crippen LogP contribution < -0.4 is 5.32 Å². The number of quaternary nitrogens is 1. The van der Waals surface area contributed by atoms with E-state index in [1.165, 1.54) is 308 Å². The molecule has 0 fully saturated rings. The second-order valence-electron chi connectivity index (χ2n) is 27.9. The van der Waals surface area contributed by atoms with Gasteiger partial charge >= 0.3 is 13.8 Å². The highest BCUT2D eigenvalue weighted by atomic mass is 31.2. The molecule has 520 valence electrons. The van der Waals surface area contributed by atoms with Crippen molar-refractivity contribution in [3.05, 3.63) is 36.5 Å². The topological polar surface area (TPSA) is 111 Å². The van der Waals surface area contributed by atoms with Gasteiger partial charge in [-0.3, -0.25) is 18.6 Å². The molecule has 0 radical (unpaired) electrons. The van der Waals surface area contributed by atoms with Crippen molar-refractivity contribution in [1.82, 2.24) is 5.32 Å². The lowest BCUT2D eigenvalue weighted by Crippen LogP contribution is -2.47. The largest absolute Gasteiger partial charge is 0.472 e. The third-order valence-corrected chi connectivity index (χ3v) is 18.8. The molecule has 0 aromatic rings. The molecule has 0 aliphatic rings. The third kappa shape index (κ3) is 68.6. The number of carbonyl (C=O) groups is 2. The van der Waals surface area contributed by atoms with Gasteiger partial charge in [0.15, 0.2) is 0 Å². The van der Waals surface area contributed by atoms with E-state index in [1.807, 2.05) is 27.2 Å². The van der Waals surface area contributed by atoms with Gasteiger partial charge in [-0.05, 0) is 83.1 Å². The number of ether oxygens (including phenoxy) is 1. The monoisotopic (exact) mass is 1260 g/mol. The number of unbranched alkanes of at least 4 members (excludes halogenated alkanes) is 52. The van der Waals surface area contributed by atoms with Crippen LogP contribution in [-0.4, -0.2) is 74.3 Å². The lowest BCUT2D eigenvalue weighted by Gasteiger charge is -2.27. The molecular weight excluding hydrogens is 1110 g/mol. The van der Waals surface area contributed by atoms with Crippen LogP contribution >= 0.6 is 7.82 Å². The number of allylic oxidation sites excluding steroid dienone is 5. The number of phosphoric acid groups is 1. The highest BCUT2D eigenvalue weighted by Gasteiger charge is 2.30. The van der Waals surface area contributed by atoms with E-state index in [4.69, 9.17) is 13.8 Å². The molecule has 3 unspecified atom stereocenters. The summed E-state index contributed by atoms with van der Waals surface area (Å²) in [6.45, 7) is 7.08. The molecule has 0 aromatic heterocycles. The number of esters is 1. The SMILES string of the molecule is CCCCCCCC/C=C/CCCCCCCCCCCCCCCCCCCC(=O)OC(/C=C/CCCCCCCCCCCC)C(COP(=O)(O)OCC[N+](C)(C)C)NC(=O)CCCCCCCCCCCCCCC/C=C/CCCCCCCC. The Bertz CT molecular complexity index is 1600. The molecule has 0 spiro atoms. The van der Waals surface area contributed by atoms with E-state index in [1.54, 1.807) is 0 Å². The van der Waals surface area contributed by atoms with Crippen molar-refractivity contribution in [3.63, 3.8) is 0 Å². The van der Waals surface area contributed by atoms with Crippen molar-refractivity contribution < 1.29 is 37.3 Å². The van der Waals surface area contributed by atoms with Crippen LogP contribution in [0.4, 0.5) is 0 Å². The van der Waals surface area contributed by atoms with E-state index >= 15 is 0 Å². The van der Waals surface area contributed by atoms with Crippen LogP contribution in [0.25, 0.3) is 0 Å². The van der Waals surface area contributed by atoms with Gasteiger partial charge in [0.1, 0.15) is 19.3 Å². The third-order valence-electron chi connectivity index (χ3n) is 17.8. The van der Waals surface area contributed by atoms with Crippen molar-refractivity contribution in [2.75, 3.05) is 40.9 Å². The summed E-state index contributed by atoms with van der Waals surface area (Å²) in [6, 6.07) is -0.846. The minimum absolute atomic E-state index is 0.0435. The van der Waals surface area contributed by atoms with Crippen LogP contribution in [0.15, 0.2) is 36.5 Å². The van der Waals surface area contributed by atoms with Crippen LogP contribution in [0.1, 0.15) is 400 Å². The maximum Gasteiger partial charge on any atom is 0.472 e. The molecule has 0 saturated carbocycles. The molecule has 0 aliphatic heterocycles. The van der Waals surface area contributed by atoms with E-state index < -0.39 is 20.0 Å². The van der Waals surface area contributed by atoms with E-state index in [2.05, 4.69) is 56.5 Å². The van der Waals surface area contributed by atoms with Crippen molar-refractivity contribution in [3.8, 4) is 0 Å². The Hall–Kier alpha value is -1.77. The van der Waals surface area contributed by atoms with Crippen LogP contribution in [0.2, 0.25) is 0 Å². The predicted octanol–water partition coefficient (Wildman–Crippen LogP) is 25.0. The van der Waals surface area contributed by atoms with Gasteiger partial charge in [-0.25, -0.2) is 4.57 Å².